The van der Waals surface area contributed by atoms with Gasteiger partial charge in [-0.05, 0) is 36.6 Å². The third-order valence-electron chi connectivity index (χ3n) is 4.39. The minimum absolute atomic E-state index is 0.0924. The number of aryl methyl sites for hydroxylation is 1. The van der Waals surface area contributed by atoms with Crippen LogP contribution in [0.5, 0.6) is 5.75 Å². The van der Waals surface area contributed by atoms with Gasteiger partial charge in [-0.15, -0.1) is 0 Å². The summed E-state index contributed by atoms with van der Waals surface area (Å²) in [5, 5.41) is 14.4. The van der Waals surface area contributed by atoms with Gasteiger partial charge in [0.1, 0.15) is 11.5 Å². The van der Waals surface area contributed by atoms with Crippen LogP contribution in [0.3, 0.4) is 0 Å². The minimum atomic E-state index is -0.827. The van der Waals surface area contributed by atoms with E-state index in [1.165, 1.54) is 7.11 Å². The Morgan fingerprint density at radius 3 is 2.96 bits per heavy atom. The van der Waals surface area contributed by atoms with Gasteiger partial charge in [-0.25, -0.2) is 4.79 Å². The maximum absolute atomic E-state index is 11.4. The molecule has 1 atom stereocenters. The maximum atomic E-state index is 11.4. The first-order chi connectivity index (χ1) is 12.1. The van der Waals surface area contributed by atoms with Crippen LogP contribution >= 0.6 is 0 Å². The lowest BCUT2D eigenvalue weighted by Crippen LogP contribution is -2.38. The van der Waals surface area contributed by atoms with Crippen molar-refractivity contribution in [3.05, 3.63) is 41.5 Å². The summed E-state index contributed by atoms with van der Waals surface area (Å²) >= 11 is 0. The average Bonchev–Trinajstić information content (AvgIpc) is 3.04. The zero-order valence-electron chi connectivity index (χ0n) is 14.3. The third-order valence-corrected chi connectivity index (χ3v) is 4.39. The second-order valence-electron chi connectivity index (χ2n) is 5.89. The monoisotopic (exact) mass is 346 g/mol. The maximum Gasteiger partial charge on any atom is 0.513 e. The van der Waals surface area contributed by atoms with Gasteiger partial charge in [-0.3, -0.25) is 0 Å². The lowest BCUT2D eigenvalue weighted by molar-refractivity contribution is 0.0826. The summed E-state index contributed by atoms with van der Waals surface area (Å²) in [6.45, 7) is 0.631. The molecular weight excluding hydrogens is 324 g/mol. The van der Waals surface area contributed by atoms with E-state index in [9.17, 15) is 9.90 Å². The molecule has 25 heavy (non-hydrogen) atoms. The number of aliphatic hydroxyl groups is 1. The van der Waals surface area contributed by atoms with E-state index in [-0.39, 0.29) is 17.6 Å². The Kier molecular flexibility index (Phi) is 5.14. The highest BCUT2D eigenvalue weighted by atomic mass is 16.7. The molecule has 2 aromatic rings. The standard InChI is InChI=1S/C18H22N2O5/c1-23-12-4-6-14-13(9-12)11(10-20-14)3-5-15-17(25-18(22)24-2)16(21)7-8-19-15/h4,6,9-10,15,19-21H,3,5,7-8H2,1-2H3. The molecule has 1 aromatic carbocycles. The summed E-state index contributed by atoms with van der Waals surface area (Å²) in [5.74, 6) is 1.14. The molecule has 7 heteroatoms. The zero-order chi connectivity index (χ0) is 17.8. The molecule has 0 saturated heterocycles. The van der Waals surface area contributed by atoms with Crippen molar-refractivity contribution in [1.82, 2.24) is 10.3 Å². The van der Waals surface area contributed by atoms with Gasteiger partial charge >= 0.3 is 6.16 Å². The summed E-state index contributed by atoms with van der Waals surface area (Å²) < 4.78 is 15.0. The van der Waals surface area contributed by atoms with E-state index in [2.05, 4.69) is 15.0 Å². The van der Waals surface area contributed by atoms with E-state index in [1.807, 2.05) is 24.4 Å². The molecule has 7 nitrogen and oxygen atoms in total. The first-order valence-electron chi connectivity index (χ1n) is 8.17. The van der Waals surface area contributed by atoms with Crippen molar-refractivity contribution in [1.29, 1.82) is 0 Å². The molecular formula is C18H22N2O5. The predicted octanol–water partition coefficient (Wildman–Crippen LogP) is 3.02. The van der Waals surface area contributed by atoms with Crippen LogP contribution < -0.4 is 10.1 Å². The number of fused-ring (bicyclic) bond motifs is 1. The molecule has 0 radical (unpaired) electrons. The summed E-state index contributed by atoms with van der Waals surface area (Å²) in [6.07, 6.45) is 2.98. The summed E-state index contributed by atoms with van der Waals surface area (Å²) in [5.41, 5.74) is 2.18. The highest BCUT2D eigenvalue weighted by Crippen LogP contribution is 2.26. The quantitative estimate of drug-likeness (QED) is 0.721. The number of rotatable bonds is 5. The van der Waals surface area contributed by atoms with Crippen LogP contribution in [0.15, 0.2) is 35.9 Å². The van der Waals surface area contributed by atoms with Crippen LogP contribution in [0.4, 0.5) is 4.79 Å². The molecule has 0 spiro atoms. The van der Waals surface area contributed by atoms with Gasteiger partial charge in [0.2, 0.25) is 0 Å². The largest absolute Gasteiger partial charge is 0.513 e. The van der Waals surface area contributed by atoms with Crippen LogP contribution in [0, 0.1) is 0 Å². The number of nitrogens with one attached hydrogen (secondary N) is 2. The Balaban J connectivity index is 1.75. The number of aromatic nitrogens is 1. The van der Waals surface area contributed by atoms with Crippen molar-refractivity contribution < 1.29 is 24.1 Å². The topological polar surface area (TPSA) is 92.8 Å². The highest BCUT2D eigenvalue weighted by molar-refractivity contribution is 5.84. The van der Waals surface area contributed by atoms with Gasteiger partial charge in [0, 0.05) is 30.1 Å². The fraction of sp³-hybridized carbons (Fsp3) is 0.389. The Labute approximate surface area is 145 Å². The first-order valence-corrected chi connectivity index (χ1v) is 8.17. The number of aromatic amines is 1. The molecule has 1 aliphatic heterocycles. The Morgan fingerprint density at radius 1 is 1.36 bits per heavy atom. The molecule has 0 saturated carbocycles. The first kappa shape index (κ1) is 17.2. The molecule has 0 bridgehead atoms. The van der Waals surface area contributed by atoms with Crippen LogP contribution in [0.25, 0.3) is 10.9 Å². The molecule has 134 valence electrons. The Hall–Kier alpha value is -2.67. The molecule has 3 rings (SSSR count). The summed E-state index contributed by atoms with van der Waals surface area (Å²) in [6, 6.07) is 5.64. The van der Waals surface area contributed by atoms with Crippen LogP contribution in [-0.4, -0.2) is 43.1 Å². The number of aliphatic hydroxyl groups excluding tert-OH is 1. The van der Waals surface area contributed by atoms with Gasteiger partial charge < -0.3 is 29.6 Å². The van der Waals surface area contributed by atoms with Gasteiger partial charge in [-0.1, -0.05) is 0 Å². The molecule has 1 aliphatic rings. The van der Waals surface area contributed by atoms with Crippen molar-refractivity contribution in [2.45, 2.75) is 25.3 Å². The fourth-order valence-electron chi connectivity index (χ4n) is 3.07. The number of H-pyrrole nitrogens is 1. The molecule has 0 amide bonds. The van der Waals surface area contributed by atoms with Crippen LogP contribution in [-0.2, 0) is 15.9 Å². The lowest BCUT2D eigenvalue weighted by atomic mass is 10.00. The highest BCUT2D eigenvalue weighted by Gasteiger charge is 2.27. The van der Waals surface area contributed by atoms with Crippen molar-refractivity contribution in [2.24, 2.45) is 0 Å². The number of hydrogen-bond acceptors (Lipinski definition) is 6. The molecule has 1 unspecified atom stereocenters. The van der Waals surface area contributed by atoms with Crippen molar-refractivity contribution in [2.75, 3.05) is 20.8 Å². The molecule has 3 N–H and O–H groups in total. The average molecular weight is 346 g/mol. The number of methoxy groups -OCH3 is 2. The van der Waals surface area contributed by atoms with Gasteiger partial charge in [-0.2, -0.15) is 0 Å². The SMILES string of the molecule is COC(=O)OC1=C(O)CCNC1CCc1c[nH]c2ccc(OC)cc12. The normalized spacial score (nSPS) is 17.6. The zero-order valence-corrected chi connectivity index (χ0v) is 14.3. The molecule has 0 aliphatic carbocycles. The van der Waals surface area contributed by atoms with Crippen LogP contribution in [0.1, 0.15) is 18.4 Å². The fourth-order valence-corrected chi connectivity index (χ4v) is 3.07. The van der Waals surface area contributed by atoms with Crippen molar-refractivity contribution >= 4 is 17.1 Å². The number of carbonyl (C=O) groups excluding carboxylic acids is 1. The van der Waals surface area contributed by atoms with E-state index >= 15 is 0 Å². The van der Waals surface area contributed by atoms with Crippen molar-refractivity contribution in [3.8, 4) is 5.75 Å². The number of hydrogen-bond donors (Lipinski definition) is 3. The molecule has 2 heterocycles. The van der Waals surface area contributed by atoms with E-state index in [4.69, 9.17) is 9.47 Å². The number of benzene rings is 1. The van der Waals surface area contributed by atoms with Crippen molar-refractivity contribution in [3.63, 3.8) is 0 Å². The number of ether oxygens (including phenoxy) is 3. The lowest BCUT2D eigenvalue weighted by Gasteiger charge is -2.26. The Morgan fingerprint density at radius 2 is 2.20 bits per heavy atom. The summed E-state index contributed by atoms with van der Waals surface area (Å²) in [7, 11) is 2.88. The van der Waals surface area contributed by atoms with E-state index in [0.717, 1.165) is 28.6 Å². The minimum Gasteiger partial charge on any atom is -0.509 e. The van der Waals surface area contributed by atoms with E-state index in [1.54, 1.807) is 7.11 Å². The van der Waals surface area contributed by atoms with E-state index < -0.39 is 6.16 Å². The second kappa shape index (κ2) is 7.48. The van der Waals surface area contributed by atoms with Gasteiger partial charge in [0.15, 0.2) is 5.76 Å². The van der Waals surface area contributed by atoms with Crippen LogP contribution in [0.2, 0.25) is 0 Å². The van der Waals surface area contributed by atoms with E-state index in [0.29, 0.717) is 19.4 Å². The molecule has 1 aromatic heterocycles. The van der Waals surface area contributed by atoms with Gasteiger partial charge in [0.25, 0.3) is 0 Å². The number of carbonyl (C=O) groups is 1. The third kappa shape index (κ3) is 3.71. The molecule has 0 fully saturated rings. The predicted molar refractivity (Wildman–Crippen MR) is 92.7 cm³/mol. The summed E-state index contributed by atoms with van der Waals surface area (Å²) in [4.78, 5) is 14.7. The van der Waals surface area contributed by atoms with Gasteiger partial charge in [0.05, 0.1) is 20.3 Å². The Bertz CT molecular complexity index is 796. The smallest absolute Gasteiger partial charge is 0.509 e. The second-order valence-corrected chi connectivity index (χ2v) is 5.89.